The average molecular weight is 1540 g/mol. The third-order valence-corrected chi connectivity index (χ3v) is 16.9. The maximum Gasteiger partial charge on any atom is 0.143 e. The van der Waals surface area contributed by atoms with Crippen molar-refractivity contribution in [3.63, 3.8) is 0 Å². The predicted octanol–water partition coefficient (Wildman–Crippen LogP) is 19.2. The zero-order chi connectivity index (χ0) is 79.7. The second-order valence-corrected chi connectivity index (χ2v) is 27.0. The summed E-state index contributed by atoms with van der Waals surface area (Å²) in [4.78, 5) is 0. The van der Waals surface area contributed by atoms with Crippen molar-refractivity contribution in [2.24, 2.45) is 0 Å². The summed E-state index contributed by atoms with van der Waals surface area (Å²) in [5, 5.41) is 17.5. The second-order valence-electron chi connectivity index (χ2n) is 26.4. The van der Waals surface area contributed by atoms with Gasteiger partial charge < -0.3 is 71.8 Å². The first-order valence-corrected chi connectivity index (χ1v) is 38.2. The minimum Gasteiger partial charge on any atom is -0.492 e. The topological polar surface area (TPSA) is 160 Å². The molecule has 1 unspecified atom stereocenters. The van der Waals surface area contributed by atoms with Gasteiger partial charge in [-0.05, 0) is 227 Å². The van der Waals surface area contributed by atoms with Crippen LogP contribution in [0.5, 0.6) is 34.5 Å². The molecule has 2 N–H and O–H groups in total. The molecule has 7 atom stereocenters. The molecule has 0 saturated carbocycles. The van der Waals surface area contributed by atoms with Gasteiger partial charge in [-0.2, -0.15) is 0 Å². The number of aliphatic hydroxyl groups excluding tert-OH is 2. The summed E-state index contributed by atoms with van der Waals surface area (Å²) in [6.07, 6.45) is 5.20. The maximum atomic E-state index is 15.1. The molecule has 0 bridgehead atoms. The highest BCUT2D eigenvalue weighted by Crippen LogP contribution is 2.32. The molecule has 0 spiro atoms. The van der Waals surface area contributed by atoms with Crippen LogP contribution < -0.4 is 28.4 Å². The van der Waals surface area contributed by atoms with E-state index in [1.165, 1.54) is 0 Å². The number of hydrogen-bond acceptors (Lipinski definition) is 15. The van der Waals surface area contributed by atoms with E-state index in [-0.39, 0.29) is 74.1 Å². The Morgan fingerprint density at radius 2 is 0.631 bits per heavy atom. The molecule has 9 rings (SSSR count). The van der Waals surface area contributed by atoms with Crippen molar-refractivity contribution in [2.75, 3.05) is 92.2 Å². The first-order chi connectivity index (χ1) is 53.7. The first-order valence-electron chi connectivity index (χ1n) is 37.4. The zero-order valence-corrected chi connectivity index (χ0v) is 66.1. The first kappa shape index (κ1) is 88.5. The van der Waals surface area contributed by atoms with Crippen LogP contribution in [0.1, 0.15) is 81.8 Å². The van der Waals surface area contributed by atoms with Crippen molar-refractivity contribution in [2.45, 2.75) is 104 Å². The van der Waals surface area contributed by atoms with E-state index >= 15 is 4.39 Å². The molecule has 0 aliphatic rings. The Morgan fingerprint density at radius 1 is 0.351 bits per heavy atom. The summed E-state index contributed by atoms with van der Waals surface area (Å²) in [7, 11) is 2.64. The number of aliphatic hydroxyl groups is 2. The molecule has 0 heterocycles. The molecule has 0 aliphatic heterocycles. The lowest BCUT2D eigenvalue weighted by Crippen LogP contribution is -2.20. The number of benzene rings is 9. The van der Waals surface area contributed by atoms with Gasteiger partial charge in [0, 0.05) is 23.3 Å². The Labute approximate surface area is 656 Å². The summed E-state index contributed by atoms with van der Waals surface area (Å²) in [5.74, 6) is 4.61. The summed E-state index contributed by atoms with van der Waals surface area (Å²) < 4.78 is 117. The second kappa shape index (κ2) is 48.8. The van der Waals surface area contributed by atoms with Crippen LogP contribution in [-0.2, 0) is 52.4 Å². The van der Waals surface area contributed by atoms with Crippen LogP contribution in [0, 0.1) is 17.5 Å². The molecule has 0 aromatic heterocycles. The quantitative estimate of drug-likeness (QED) is 0.0122. The van der Waals surface area contributed by atoms with E-state index in [2.05, 4.69) is 35.6 Å². The van der Waals surface area contributed by atoms with Crippen LogP contribution in [0.2, 0.25) is 0 Å². The highest BCUT2D eigenvalue weighted by atomic mass is 31.0. The molecular formula is C92H108F3O15P. The molecule has 0 aliphatic carbocycles. The summed E-state index contributed by atoms with van der Waals surface area (Å²) >= 11 is 0. The highest BCUT2D eigenvalue weighted by Gasteiger charge is 2.16. The van der Waals surface area contributed by atoms with Crippen LogP contribution in [0.25, 0.3) is 33.4 Å². The number of hydrogen-bond donors (Lipinski definition) is 2. The van der Waals surface area contributed by atoms with Gasteiger partial charge >= 0.3 is 0 Å². The Bertz CT molecular complexity index is 4030. The van der Waals surface area contributed by atoms with Gasteiger partial charge in [-0.25, -0.2) is 13.2 Å². The Balaban J connectivity index is 0.000000232. The van der Waals surface area contributed by atoms with Gasteiger partial charge in [-0.1, -0.05) is 136 Å². The number of allylic oxidation sites excluding steroid dienone is 2. The smallest absolute Gasteiger partial charge is 0.143 e. The third-order valence-electron chi connectivity index (χ3n) is 16.6. The van der Waals surface area contributed by atoms with E-state index in [4.69, 9.17) is 71.8 Å². The molecule has 0 saturated heterocycles. The Hall–Kier alpha value is -9.72. The normalized spacial score (nSPS) is 12.5. The van der Waals surface area contributed by atoms with E-state index in [0.29, 0.717) is 125 Å². The van der Waals surface area contributed by atoms with Crippen molar-refractivity contribution < 1.29 is 85.0 Å². The monoisotopic (exact) mass is 1540 g/mol. The van der Waals surface area contributed by atoms with Crippen molar-refractivity contribution in [3.05, 3.63) is 301 Å². The van der Waals surface area contributed by atoms with E-state index in [0.717, 1.165) is 79.2 Å². The minimum atomic E-state index is -0.344. The molecule has 111 heavy (non-hydrogen) atoms. The highest BCUT2D eigenvalue weighted by molar-refractivity contribution is 7.16. The standard InChI is InChI=1S/C35H39FO5.C29H36FO4P.C28H33FO6/c1-7-25(3)38-20-19-37-23-27(5)40-33-16-12-31(13-17-33)34-18-11-30(22-35(34)36)21-29-9-14-32(15-10-29)41-28(6)24-39-26(4)8-2;1-4-31-19-21(2)33-27-12-8-25(9-13-27)28-14-7-24(18-29(28)30)17-23-5-10-26(11-6-23)34-22(3)20-32-15-16-35;1-20(17-32-14-13-30)34-25-8-3-22(4-9-25)15-23-5-12-27(28(29)16-23)24-6-10-26(11-7-24)35-21(2)18-33-19-31/h7-18,22,27-28H,1-4,19-21,23-24H2,5-6H3;5-14,18,21-22H,4,15-17,19-20,35H2,1-3H3;3-12,16,20-21,30-31H,13-15,17-19H2,1-2H3/t27-,28+;21-,22+;20-,21+/m110/s1. The molecule has 592 valence electrons. The SMILES string of the molecule is C=CC(=C)OCCOC[C@@H](C)Oc1ccc(-c2ccc(Cc3ccc(O[C@@H](C)COC(=C)C=C)cc3)cc2F)cc1.CCOC[C@@H](C)Oc1ccc(-c2ccc(Cc3ccc(O[C@@H](C)COCCP)cc3)cc2F)cc1.C[C@H](COCO)Oc1ccc(-c2ccc(Cc3ccc(O[C@@H](C)COCCO)cc3)cc2F)cc1. The number of halogens is 3. The van der Waals surface area contributed by atoms with Gasteiger partial charge in [0.05, 0.1) is 59.5 Å². The average Bonchev–Trinajstić information content (AvgIpc) is 0.834. The fraction of sp³-hybridized carbons (Fsp3) is 0.326. The molecular weight excluding hydrogens is 1430 g/mol. The lowest BCUT2D eigenvalue weighted by molar-refractivity contribution is -0.0311. The fourth-order valence-electron chi connectivity index (χ4n) is 11.2. The summed E-state index contributed by atoms with van der Waals surface area (Å²) in [5.41, 5.74) is 9.89. The maximum absolute atomic E-state index is 15.1. The van der Waals surface area contributed by atoms with Crippen LogP contribution in [-0.4, -0.2) is 139 Å². The van der Waals surface area contributed by atoms with Crippen LogP contribution in [0.15, 0.2) is 250 Å². The van der Waals surface area contributed by atoms with E-state index < -0.39 is 0 Å². The van der Waals surface area contributed by atoms with Crippen molar-refractivity contribution in [1.82, 2.24) is 0 Å². The van der Waals surface area contributed by atoms with Crippen LogP contribution in [0.3, 0.4) is 0 Å². The molecule has 15 nitrogen and oxygen atoms in total. The number of rotatable bonds is 46. The molecule has 0 amide bonds. The van der Waals surface area contributed by atoms with E-state index in [9.17, 15) is 8.78 Å². The predicted molar refractivity (Wildman–Crippen MR) is 438 cm³/mol. The van der Waals surface area contributed by atoms with Gasteiger partial charge in [-0.3, -0.25) is 0 Å². The third kappa shape index (κ3) is 32.6. The summed E-state index contributed by atoms with van der Waals surface area (Å²) in [6, 6.07) is 61.6. The molecule has 19 heteroatoms. The Morgan fingerprint density at radius 3 is 0.928 bits per heavy atom. The zero-order valence-electron chi connectivity index (χ0n) is 64.9. The van der Waals surface area contributed by atoms with Crippen LogP contribution >= 0.6 is 9.24 Å². The lowest BCUT2D eigenvalue weighted by atomic mass is 9.99. The van der Waals surface area contributed by atoms with Gasteiger partial charge in [0.1, 0.15) is 120 Å². The fourth-order valence-corrected chi connectivity index (χ4v) is 11.3. The van der Waals surface area contributed by atoms with Gasteiger partial charge in [0.15, 0.2) is 0 Å². The largest absolute Gasteiger partial charge is 0.492 e. The number of ether oxygens (including phenoxy) is 13. The lowest BCUT2D eigenvalue weighted by Gasteiger charge is -2.16. The molecule has 0 radical (unpaired) electrons. The van der Waals surface area contributed by atoms with Crippen molar-refractivity contribution >= 4 is 9.24 Å². The van der Waals surface area contributed by atoms with E-state index in [1.54, 1.807) is 48.6 Å². The van der Waals surface area contributed by atoms with Gasteiger partial charge in [0.25, 0.3) is 0 Å². The molecule has 9 aromatic rings. The molecule has 9 aromatic carbocycles. The van der Waals surface area contributed by atoms with Gasteiger partial charge in [0.2, 0.25) is 0 Å². The van der Waals surface area contributed by atoms with Crippen LogP contribution in [0.4, 0.5) is 13.2 Å². The molecule has 0 fully saturated rings. The summed E-state index contributed by atoms with van der Waals surface area (Å²) in [6.45, 7) is 32.9. The van der Waals surface area contributed by atoms with Gasteiger partial charge in [-0.15, -0.1) is 9.24 Å². The Kier molecular flexibility index (Phi) is 38.9. The van der Waals surface area contributed by atoms with Crippen molar-refractivity contribution in [1.29, 1.82) is 0 Å². The van der Waals surface area contributed by atoms with Crippen molar-refractivity contribution in [3.8, 4) is 67.9 Å². The van der Waals surface area contributed by atoms with E-state index in [1.807, 2.05) is 212 Å². The minimum absolute atomic E-state index is 0.00744.